The molecular weight excluding hydrogens is 329 g/mol. The fourth-order valence-corrected chi connectivity index (χ4v) is 3.54. The first kappa shape index (κ1) is 15.6. The lowest BCUT2D eigenvalue weighted by atomic mass is 10.1. The number of nitrogens with zero attached hydrogens (tertiary/aromatic N) is 2. The third kappa shape index (κ3) is 2.87. The molecule has 0 aliphatic heterocycles. The molecule has 5 rings (SSSR count). The van der Waals surface area contributed by atoms with Gasteiger partial charge in [-0.25, -0.2) is 4.39 Å². The molecule has 2 aliphatic carbocycles. The molecule has 2 fully saturated rings. The van der Waals surface area contributed by atoms with Gasteiger partial charge >= 0.3 is 0 Å². The molecule has 5 heteroatoms. The number of anilines is 1. The Hall–Kier alpha value is -2.69. The fourth-order valence-electron chi connectivity index (χ4n) is 3.54. The maximum Gasteiger partial charge on any atom is 0.256 e. The Morgan fingerprint density at radius 2 is 1.88 bits per heavy atom. The molecule has 1 amide bonds. The Morgan fingerprint density at radius 1 is 1.12 bits per heavy atom. The molecular formula is C21H20FN3O. The molecule has 1 N–H and O–H groups in total. The van der Waals surface area contributed by atoms with Gasteiger partial charge in [0.05, 0.1) is 5.52 Å². The number of benzene rings is 2. The number of nitrogens with one attached hydrogen (secondary N) is 1. The Kier molecular flexibility index (Phi) is 3.55. The predicted octanol–water partition coefficient (Wildman–Crippen LogP) is 4.72. The van der Waals surface area contributed by atoms with Gasteiger partial charge in [0.15, 0.2) is 5.82 Å². The number of fused-ring (bicyclic) bond motifs is 1. The molecule has 2 saturated carbocycles. The Bertz CT molecular complexity index is 984. The van der Waals surface area contributed by atoms with Crippen LogP contribution in [0.4, 0.5) is 10.2 Å². The SMILES string of the molecule is O=C(Nc1nn(CC2CC2)c2c(C3CC3)cccc12)c1ccc(F)cc1. The molecule has 26 heavy (non-hydrogen) atoms. The van der Waals surface area contributed by atoms with Gasteiger partial charge in [-0.3, -0.25) is 9.48 Å². The van der Waals surface area contributed by atoms with Crippen LogP contribution in [-0.4, -0.2) is 15.7 Å². The number of para-hydroxylation sites is 1. The van der Waals surface area contributed by atoms with Crippen molar-refractivity contribution in [2.24, 2.45) is 5.92 Å². The summed E-state index contributed by atoms with van der Waals surface area (Å²) >= 11 is 0. The standard InChI is InChI=1S/C21H20FN3O/c22-16-10-8-15(9-11-16)21(26)23-20-18-3-1-2-17(14-6-7-14)19(18)25(24-20)12-13-4-5-13/h1-3,8-11,13-14H,4-7,12H2,(H,23,24,26). The highest BCUT2D eigenvalue weighted by atomic mass is 19.1. The zero-order valence-corrected chi connectivity index (χ0v) is 14.4. The first-order valence-corrected chi connectivity index (χ1v) is 9.25. The quantitative estimate of drug-likeness (QED) is 0.725. The number of hydrogen-bond acceptors (Lipinski definition) is 2. The van der Waals surface area contributed by atoms with E-state index in [0.717, 1.165) is 17.4 Å². The second-order valence-corrected chi connectivity index (χ2v) is 7.45. The molecule has 0 bridgehead atoms. The summed E-state index contributed by atoms with van der Waals surface area (Å²) in [4.78, 5) is 12.6. The Balaban J connectivity index is 1.53. The van der Waals surface area contributed by atoms with Crippen LogP contribution < -0.4 is 5.32 Å². The molecule has 2 aliphatic rings. The summed E-state index contributed by atoms with van der Waals surface area (Å²) < 4.78 is 15.2. The van der Waals surface area contributed by atoms with E-state index in [1.807, 2.05) is 12.1 Å². The number of carbonyl (C=O) groups is 1. The van der Waals surface area contributed by atoms with Crippen LogP contribution in [-0.2, 0) is 6.54 Å². The molecule has 0 saturated heterocycles. The molecule has 1 heterocycles. The van der Waals surface area contributed by atoms with Crippen LogP contribution in [0.25, 0.3) is 10.9 Å². The average Bonchev–Trinajstić information content (AvgIpc) is 3.55. The molecule has 132 valence electrons. The van der Waals surface area contributed by atoms with Crippen LogP contribution in [0.2, 0.25) is 0 Å². The largest absolute Gasteiger partial charge is 0.305 e. The van der Waals surface area contributed by atoms with Crippen molar-refractivity contribution in [1.29, 1.82) is 0 Å². The maximum atomic E-state index is 13.1. The molecule has 0 unspecified atom stereocenters. The van der Waals surface area contributed by atoms with Crippen molar-refractivity contribution in [3.8, 4) is 0 Å². The Morgan fingerprint density at radius 3 is 2.58 bits per heavy atom. The molecule has 0 spiro atoms. The topological polar surface area (TPSA) is 46.9 Å². The van der Waals surface area contributed by atoms with Gasteiger partial charge in [0.2, 0.25) is 0 Å². The van der Waals surface area contributed by atoms with E-state index in [0.29, 0.717) is 23.2 Å². The third-order valence-electron chi connectivity index (χ3n) is 5.28. The maximum absolute atomic E-state index is 13.1. The number of carbonyl (C=O) groups excluding carboxylic acids is 1. The number of hydrogen-bond donors (Lipinski definition) is 1. The van der Waals surface area contributed by atoms with E-state index in [1.54, 1.807) is 0 Å². The van der Waals surface area contributed by atoms with Gasteiger partial charge in [-0.1, -0.05) is 12.1 Å². The van der Waals surface area contributed by atoms with Gasteiger partial charge < -0.3 is 5.32 Å². The second kappa shape index (κ2) is 5.94. The van der Waals surface area contributed by atoms with Gasteiger partial charge in [0.25, 0.3) is 5.91 Å². The number of rotatable bonds is 5. The lowest BCUT2D eigenvalue weighted by Crippen LogP contribution is -2.13. The van der Waals surface area contributed by atoms with E-state index in [-0.39, 0.29) is 11.7 Å². The summed E-state index contributed by atoms with van der Waals surface area (Å²) in [5, 5.41) is 8.65. The van der Waals surface area contributed by atoms with Crippen molar-refractivity contribution in [3.63, 3.8) is 0 Å². The number of aromatic nitrogens is 2. The zero-order valence-electron chi connectivity index (χ0n) is 14.4. The van der Waals surface area contributed by atoms with Crippen LogP contribution in [0, 0.1) is 11.7 Å². The molecule has 3 aromatic rings. The molecule has 1 aromatic heterocycles. The lowest BCUT2D eigenvalue weighted by molar-refractivity contribution is 0.102. The average molecular weight is 349 g/mol. The summed E-state index contributed by atoms with van der Waals surface area (Å²) in [6.45, 7) is 0.909. The van der Waals surface area contributed by atoms with Crippen LogP contribution in [0.15, 0.2) is 42.5 Å². The van der Waals surface area contributed by atoms with Crippen molar-refractivity contribution < 1.29 is 9.18 Å². The molecule has 2 aromatic carbocycles. The molecule has 4 nitrogen and oxygen atoms in total. The minimum atomic E-state index is -0.352. The molecule has 0 radical (unpaired) electrons. The third-order valence-corrected chi connectivity index (χ3v) is 5.28. The first-order valence-electron chi connectivity index (χ1n) is 9.25. The highest BCUT2D eigenvalue weighted by Crippen LogP contribution is 2.44. The second-order valence-electron chi connectivity index (χ2n) is 7.45. The highest BCUT2D eigenvalue weighted by Gasteiger charge is 2.30. The summed E-state index contributed by atoms with van der Waals surface area (Å²) in [5.41, 5.74) is 2.93. The number of halogens is 1. The summed E-state index contributed by atoms with van der Waals surface area (Å²) in [6, 6.07) is 11.8. The van der Waals surface area contributed by atoms with Gasteiger partial charge in [-0.05, 0) is 73.4 Å². The van der Waals surface area contributed by atoms with E-state index in [4.69, 9.17) is 5.10 Å². The van der Waals surface area contributed by atoms with Gasteiger partial charge in [-0.2, -0.15) is 5.10 Å². The van der Waals surface area contributed by atoms with Crippen LogP contribution in [0.5, 0.6) is 0 Å². The summed E-state index contributed by atoms with van der Waals surface area (Å²) in [7, 11) is 0. The minimum Gasteiger partial charge on any atom is -0.305 e. The van der Waals surface area contributed by atoms with E-state index >= 15 is 0 Å². The van der Waals surface area contributed by atoms with Crippen molar-refractivity contribution in [3.05, 3.63) is 59.4 Å². The zero-order chi connectivity index (χ0) is 17.7. The van der Waals surface area contributed by atoms with Crippen LogP contribution in [0.1, 0.15) is 47.5 Å². The van der Waals surface area contributed by atoms with Gasteiger partial charge in [0, 0.05) is 17.5 Å². The first-order chi connectivity index (χ1) is 12.7. The van der Waals surface area contributed by atoms with E-state index < -0.39 is 0 Å². The summed E-state index contributed by atoms with van der Waals surface area (Å²) in [6.07, 6.45) is 4.96. The van der Waals surface area contributed by atoms with Crippen LogP contribution in [0.3, 0.4) is 0 Å². The van der Waals surface area contributed by atoms with Crippen molar-refractivity contribution >= 4 is 22.6 Å². The van der Waals surface area contributed by atoms with E-state index in [2.05, 4.69) is 16.1 Å². The lowest BCUT2D eigenvalue weighted by Gasteiger charge is -2.06. The monoisotopic (exact) mass is 349 g/mol. The van der Waals surface area contributed by atoms with Gasteiger partial charge in [-0.15, -0.1) is 0 Å². The fraction of sp³-hybridized carbons (Fsp3) is 0.333. The van der Waals surface area contributed by atoms with E-state index in [1.165, 1.54) is 55.5 Å². The minimum absolute atomic E-state index is 0.264. The smallest absolute Gasteiger partial charge is 0.256 e. The van der Waals surface area contributed by atoms with Gasteiger partial charge in [0.1, 0.15) is 5.82 Å². The van der Waals surface area contributed by atoms with Crippen LogP contribution >= 0.6 is 0 Å². The van der Waals surface area contributed by atoms with E-state index in [9.17, 15) is 9.18 Å². The molecule has 0 atom stereocenters. The van der Waals surface area contributed by atoms with Crippen molar-refractivity contribution in [2.45, 2.75) is 38.1 Å². The highest BCUT2D eigenvalue weighted by molar-refractivity contribution is 6.08. The summed E-state index contributed by atoms with van der Waals surface area (Å²) in [5.74, 6) is 1.30. The predicted molar refractivity (Wildman–Crippen MR) is 98.8 cm³/mol. The van der Waals surface area contributed by atoms with Crippen molar-refractivity contribution in [1.82, 2.24) is 9.78 Å². The normalized spacial score (nSPS) is 16.8. The van der Waals surface area contributed by atoms with Crippen molar-refractivity contribution in [2.75, 3.05) is 5.32 Å². The number of amides is 1. The Labute approximate surface area is 151 Å².